The van der Waals surface area contributed by atoms with Crippen molar-refractivity contribution in [1.82, 2.24) is 0 Å². The van der Waals surface area contributed by atoms with Crippen molar-refractivity contribution < 1.29 is 9.90 Å². The molecule has 3 rings (SSSR count). The summed E-state index contributed by atoms with van der Waals surface area (Å²) in [5.41, 5.74) is 0. The van der Waals surface area contributed by atoms with Gasteiger partial charge in [-0.15, -0.1) is 0 Å². The van der Waals surface area contributed by atoms with Crippen LogP contribution >= 0.6 is 0 Å². The van der Waals surface area contributed by atoms with Crippen LogP contribution in [0.2, 0.25) is 5.32 Å². The summed E-state index contributed by atoms with van der Waals surface area (Å²) in [6, 6.07) is 5.49. The number of carbonyl (C=O) groups is 1. The van der Waals surface area contributed by atoms with E-state index in [-0.39, 0.29) is 36.4 Å². The van der Waals surface area contributed by atoms with E-state index in [2.05, 4.69) is 0 Å². The van der Waals surface area contributed by atoms with Crippen molar-refractivity contribution in [2.45, 2.75) is 5.32 Å². The average molecular weight is 465 g/mol. The maximum atomic E-state index is 11.3. The van der Waals surface area contributed by atoms with Crippen LogP contribution < -0.4 is 13.9 Å². The molecule has 0 amide bonds. The number of carbonyl (C=O) groups excluding carboxylic acids is 1. The van der Waals surface area contributed by atoms with Gasteiger partial charge in [0, 0.05) is 0 Å². The fraction of sp³-hybridized carbons (Fsp3) is 0.100. The molecule has 2 nitrogen and oxygen atoms in total. The van der Waals surface area contributed by atoms with E-state index in [1.807, 2.05) is 6.07 Å². The Labute approximate surface area is 118 Å². The van der Waals surface area contributed by atoms with Gasteiger partial charge in [0.25, 0.3) is 0 Å². The summed E-state index contributed by atoms with van der Waals surface area (Å²) in [6.45, 7) is 0. The van der Waals surface area contributed by atoms with E-state index in [1.165, 1.54) is 8.81 Å². The van der Waals surface area contributed by atoms with Crippen molar-refractivity contribution in [1.29, 1.82) is 0 Å². The van der Waals surface area contributed by atoms with E-state index in [9.17, 15) is 9.90 Å². The van der Waals surface area contributed by atoms with Gasteiger partial charge in [-0.05, 0) is 0 Å². The molecule has 0 bridgehead atoms. The van der Waals surface area contributed by atoms with Crippen LogP contribution in [-0.2, 0) is 4.79 Å². The van der Waals surface area contributed by atoms with Crippen LogP contribution in [0.4, 0.5) is 0 Å². The molecule has 1 aromatic rings. The molecule has 1 aromatic carbocycles. The third-order valence-corrected chi connectivity index (χ3v) is 19.1. The van der Waals surface area contributed by atoms with E-state index in [0.29, 0.717) is 34.5 Å². The Morgan fingerprint density at radius 1 is 1.25 bits per heavy atom. The Bertz CT molecular complexity index is 552. The van der Waals surface area contributed by atoms with Crippen molar-refractivity contribution >= 4 is 80.3 Å². The summed E-state index contributed by atoms with van der Waals surface area (Å²) in [4.78, 5) is 11.3. The molecule has 6 heteroatoms. The first-order valence-corrected chi connectivity index (χ1v) is 12.1. The first-order valence-electron chi connectivity index (χ1n) is 4.55. The van der Waals surface area contributed by atoms with Gasteiger partial charge in [0.1, 0.15) is 0 Å². The average Bonchev–Trinajstić information content (AvgIpc) is 2.83. The minimum atomic E-state index is -0.135. The Kier molecular flexibility index (Phi) is 3.42. The summed E-state index contributed by atoms with van der Waals surface area (Å²) in [5, 5.41) is 12.1. The minimum absolute atomic E-state index is 0.121. The molecule has 0 saturated carbocycles. The fourth-order valence-electron chi connectivity index (χ4n) is 1.41. The van der Waals surface area contributed by atoms with Crippen LogP contribution in [0.1, 0.15) is 0 Å². The number of rotatable bonds is 1. The zero-order valence-corrected chi connectivity index (χ0v) is 15.1. The van der Waals surface area contributed by atoms with Gasteiger partial charge < -0.3 is 0 Å². The van der Waals surface area contributed by atoms with Crippen molar-refractivity contribution in [2.75, 3.05) is 0 Å². The van der Waals surface area contributed by atoms with E-state index in [0.717, 1.165) is 5.32 Å². The molecular weight excluding hydrogens is 460 g/mol. The molecule has 0 atom stereocenters. The predicted octanol–water partition coefficient (Wildman–Crippen LogP) is -2.94. The van der Waals surface area contributed by atoms with Gasteiger partial charge >= 0.3 is 119 Å². The molecule has 0 aliphatic carbocycles. The van der Waals surface area contributed by atoms with Crippen LogP contribution in [0.3, 0.4) is 0 Å². The second kappa shape index (κ2) is 4.69. The molecule has 0 saturated heterocycles. The third-order valence-electron chi connectivity index (χ3n) is 2.10. The Morgan fingerprint density at radius 2 is 2.12 bits per heavy atom. The first-order chi connectivity index (χ1) is 7.72. The molecule has 0 spiro atoms. The Balaban J connectivity index is 1.94. The second-order valence-electron chi connectivity index (χ2n) is 3.25. The number of benzene rings is 1. The van der Waals surface area contributed by atoms with Gasteiger partial charge in [-0.3, -0.25) is 0 Å². The van der Waals surface area contributed by atoms with E-state index < -0.39 is 0 Å². The summed E-state index contributed by atoms with van der Waals surface area (Å²) in [7, 11) is 0. The van der Waals surface area contributed by atoms with Crippen LogP contribution in [-0.4, -0.2) is 71.5 Å². The summed E-state index contributed by atoms with van der Waals surface area (Å²) >= 11 is 0.819. The quantitative estimate of drug-likeness (QED) is 0.417. The molecule has 16 heavy (non-hydrogen) atoms. The van der Waals surface area contributed by atoms with Gasteiger partial charge in [-0.2, -0.15) is 0 Å². The SMILES string of the molecule is O=C1C[Se]C(C2=[As]c3ccc([O-])cc3[Se]2)=[As]1. The molecule has 0 radical (unpaired) electrons. The molecule has 2 aliphatic heterocycles. The van der Waals surface area contributed by atoms with E-state index in [4.69, 9.17) is 0 Å². The van der Waals surface area contributed by atoms with Gasteiger partial charge in [0.05, 0.1) is 0 Å². The predicted molar refractivity (Wildman–Crippen MR) is 68.0 cm³/mol. The molecule has 0 unspecified atom stereocenters. The van der Waals surface area contributed by atoms with Crippen molar-refractivity contribution in [2.24, 2.45) is 0 Å². The van der Waals surface area contributed by atoms with Crippen molar-refractivity contribution in [3.8, 4) is 5.75 Å². The van der Waals surface area contributed by atoms with Crippen LogP contribution in [0.25, 0.3) is 0 Å². The summed E-state index contributed by atoms with van der Waals surface area (Å²) in [5.74, 6) is 0.134. The third kappa shape index (κ3) is 2.25. The molecule has 0 fully saturated rings. The first kappa shape index (κ1) is 11.7. The maximum absolute atomic E-state index is 11.3. The van der Waals surface area contributed by atoms with Gasteiger partial charge in [0.2, 0.25) is 0 Å². The second-order valence-corrected chi connectivity index (χ2v) is 15.3. The molecule has 2 heterocycles. The Morgan fingerprint density at radius 3 is 2.88 bits per heavy atom. The Hall–Kier alpha value is 0.586. The number of hydrogen-bond acceptors (Lipinski definition) is 2. The number of fused-ring (bicyclic) bond motifs is 1. The topological polar surface area (TPSA) is 40.1 Å². The van der Waals surface area contributed by atoms with E-state index in [1.54, 1.807) is 18.5 Å². The molecule has 2 aliphatic rings. The van der Waals surface area contributed by atoms with Gasteiger partial charge in [-0.25, -0.2) is 0 Å². The summed E-state index contributed by atoms with van der Waals surface area (Å²) in [6.07, 6.45) is 0. The zero-order valence-electron chi connectivity index (χ0n) is 7.97. The van der Waals surface area contributed by atoms with Crippen LogP contribution in [0, 0.1) is 0 Å². The van der Waals surface area contributed by atoms with Gasteiger partial charge in [0.15, 0.2) is 0 Å². The van der Waals surface area contributed by atoms with Gasteiger partial charge in [-0.1, -0.05) is 0 Å². The van der Waals surface area contributed by atoms with Crippen molar-refractivity contribution in [3.05, 3.63) is 18.2 Å². The molecule has 80 valence electrons. The van der Waals surface area contributed by atoms with E-state index >= 15 is 0 Å². The van der Waals surface area contributed by atoms with Crippen molar-refractivity contribution in [3.63, 3.8) is 0 Å². The normalized spacial score (nSPS) is 20.4. The van der Waals surface area contributed by atoms with Crippen LogP contribution in [0.5, 0.6) is 5.75 Å². The zero-order chi connectivity index (χ0) is 11.1. The monoisotopic (exact) mass is 467 g/mol. The standard InChI is InChI=1S/C10H6As2O2Se2/c13-5-1-2-6-7(3-5)16-10(11-6)9-12-8(14)4-15-9/h1-3,13H,4H2/p-1. The molecular formula is C10H5As2O2Se2-. The van der Waals surface area contributed by atoms with Crippen LogP contribution in [0.15, 0.2) is 18.2 Å². The fourth-order valence-corrected chi connectivity index (χ4v) is 17.9. The molecule has 0 N–H and O–H groups in total. The number of hydrogen-bond donors (Lipinski definition) is 0. The molecule has 0 aromatic heterocycles. The summed E-state index contributed by atoms with van der Waals surface area (Å²) < 4.78 is 6.37.